The molecule has 35 heavy (non-hydrogen) atoms. The Labute approximate surface area is 204 Å². The maximum absolute atomic E-state index is 14.2. The van der Waals surface area contributed by atoms with Crippen LogP contribution in [0, 0.1) is 6.92 Å². The number of aromatic nitrogens is 2. The molecular formula is C23H25ClF4N4O3. The zero-order chi connectivity index (χ0) is 25.8. The highest BCUT2D eigenvalue weighted by molar-refractivity contribution is 6.32. The predicted octanol–water partition coefficient (Wildman–Crippen LogP) is 4.53. The summed E-state index contributed by atoms with van der Waals surface area (Å²) in [6.45, 7) is 3.24. The maximum atomic E-state index is 14.2. The molecule has 2 amide bonds. The zero-order valence-corrected chi connectivity index (χ0v) is 19.8. The van der Waals surface area contributed by atoms with Crippen molar-refractivity contribution in [3.05, 3.63) is 54.1 Å². The molecule has 1 fully saturated rings. The number of nitrogens with one attached hydrogen (secondary N) is 1. The minimum atomic E-state index is -4.73. The molecule has 2 atom stereocenters. The number of carbonyl (C=O) groups is 2. The predicted molar refractivity (Wildman–Crippen MR) is 120 cm³/mol. The number of amides is 2. The van der Waals surface area contributed by atoms with Crippen molar-refractivity contribution in [2.45, 2.75) is 69.2 Å². The average Bonchev–Trinajstić information content (AvgIpc) is 2.81. The second-order valence-corrected chi connectivity index (χ2v) is 8.90. The largest absolute Gasteiger partial charge is 0.522 e. The molecule has 0 unspecified atom stereocenters. The lowest BCUT2D eigenvalue weighted by Gasteiger charge is -2.41. The van der Waals surface area contributed by atoms with Crippen molar-refractivity contribution in [1.82, 2.24) is 15.3 Å². The standard InChI is InChI=1S/C23H25ClF4N4O3/c1-14-3-7-17(8-4-14)32(20(33)19(24)25)22(2,15-11-29-13-30-12-15)21(34)31-16-5-9-18(10-6-16)35-23(26,27)28/h3-4,7-8,11-13,16,18-19H,5-6,9-10H2,1-2H3,(H,31,34)/t16-,18+,19-,22-/m0/s1. The van der Waals surface area contributed by atoms with E-state index in [-0.39, 0.29) is 36.9 Å². The fourth-order valence-electron chi connectivity index (χ4n) is 4.15. The summed E-state index contributed by atoms with van der Waals surface area (Å²) in [4.78, 5) is 35.5. The average molecular weight is 517 g/mol. The first-order valence-corrected chi connectivity index (χ1v) is 11.4. The minimum absolute atomic E-state index is 0.0878. The fourth-order valence-corrected chi connectivity index (χ4v) is 4.25. The lowest BCUT2D eigenvalue weighted by Crippen LogP contribution is -2.60. The lowest BCUT2D eigenvalue weighted by atomic mass is 9.87. The van der Waals surface area contributed by atoms with Crippen molar-refractivity contribution < 1.29 is 31.9 Å². The molecule has 0 saturated heterocycles. The fraction of sp³-hybridized carbons (Fsp3) is 0.478. The number of alkyl halides is 5. The Bertz CT molecular complexity index is 1020. The summed E-state index contributed by atoms with van der Waals surface area (Å²) < 4.78 is 55.8. The van der Waals surface area contributed by atoms with E-state index in [0.717, 1.165) is 10.5 Å². The molecule has 190 valence electrons. The normalized spacial score (nSPS) is 21.0. The number of anilines is 1. The van der Waals surface area contributed by atoms with Crippen LogP contribution in [0.15, 0.2) is 43.0 Å². The molecule has 1 aliphatic carbocycles. The van der Waals surface area contributed by atoms with Gasteiger partial charge in [0.25, 0.3) is 17.4 Å². The Morgan fingerprint density at radius 1 is 1.11 bits per heavy atom. The van der Waals surface area contributed by atoms with Crippen LogP contribution in [0.3, 0.4) is 0 Å². The molecule has 3 rings (SSSR count). The molecule has 2 aromatic rings. The molecule has 7 nitrogen and oxygen atoms in total. The van der Waals surface area contributed by atoms with Gasteiger partial charge in [0.15, 0.2) is 5.54 Å². The molecule has 12 heteroatoms. The number of halogens is 5. The number of rotatable bonds is 7. The lowest BCUT2D eigenvalue weighted by molar-refractivity contribution is -0.345. The van der Waals surface area contributed by atoms with Crippen LogP contribution < -0.4 is 10.2 Å². The Hall–Kier alpha value is -2.79. The van der Waals surface area contributed by atoms with E-state index in [4.69, 9.17) is 11.6 Å². The van der Waals surface area contributed by atoms with E-state index >= 15 is 0 Å². The maximum Gasteiger partial charge on any atom is 0.522 e. The van der Waals surface area contributed by atoms with Gasteiger partial charge in [-0.05, 0) is 51.7 Å². The highest BCUT2D eigenvalue weighted by atomic mass is 35.5. The summed E-state index contributed by atoms with van der Waals surface area (Å²) in [5, 5.41) is 2.81. The van der Waals surface area contributed by atoms with Crippen LogP contribution in [-0.2, 0) is 19.9 Å². The molecular weight excluding hydrogens is 492 g/mol. The Morgan fingerprint density at radius 3 is 2.20 bits per heavy atom. The second kappa shape index (κ2) is 10.9. The molecule has 1 aliphatic rings. The van der Waals surface area contributed by atoms with Gasteiger partial charge in [-0.2, -0.15) is 0 Å². The molecule has 1 aromatic carbocycles. The van der Waals surface area contributed by atoms with E-state index < -0.39 is 41.5 Å². The van der Waals surface area contributed by atoms with E-state index in [0.29, 0.717) is 0 Å². The molecule has 1 aromatic heterocycles. The van der Waals surface area contributed by atoms with Gasteiger partial charge in [0, 0.05) is 29.7 Å². The van der Waals surface area contributed by atoms with Crippen LogP contribution in [0.5, 0.6) is 0 Å². The van der Waals surface area contributed by atoms with Crippen LogP contribution in [0.1, 0.15) is 43.7 Å². The molecule has 0 bridgehead atoms. The summed E-state index contributed by atoms with van der Waals surface area (Å²) in [5.41, 5.74) is -2.99. The van der Waals surface area contributed by atoms with E-state index in [2.05, 4.69) is 20.0 Å². The summed E-state index contributed by atoms with van der Waals surface area (Å²) >= 11 is 5.54. The summed E-state index contributed by atoms with van der Waals surface area (Å²) in [7, 11) is 0. The number of hydrogen-bond donors (Lipinski definition) is 1. The first-order valence-electron chi connectivity index (χ1n) is 10.9. The van der Waals surface area contributed by atoms with Crippen molar-refractivity contribution in [3.8, 4) is 0 Å². The molecule has 1 heterocycles. The third-order valence-electron chi connectivity index (χ3n) is 6.02. The van der Waals surface area contributed by atoms with Crippen LogP contribution >= 0.6 is 11.6 Å². The van der Waals surface area contributed by atoms with Crippen molar-refractivity contribution >= 4 is 29.1 Å². The number of ether oxygens (including phenoxy) is 1. The molecule has 0 radical (unpaired) electrons. The van der Waals surface area contributed by atoms with Crippen LogP contribution in [0.25, 0.3) is 0 Å². The van der Waals surface area contributed by atoms with Gasteiger partial charge in [-0.25, -0.2) is 14.4 Å². The van der Waals surface area contributed by atoms with Crippen LogP contribution in [0.4, 0.5) is 23.2 Å². The number of carbonyl (C=O) groups excluding carboxylic acids is 2. The monoisotopic (exact) mass is 516 g/mol. The SMILES string of the molecule is Cc1ccc(N(C(=O)[C@H](F)Cl)[C@](C)(C(=O)N[C@H]2CC[C@@H](OC(F)(F)F)CC2)c2cncnc2)cc1. The van der Waals surface area contributed by atoms with Gasteiger partial charge < -0.3 is 5.32 Å². The topological polar surface area (TPSA) is 84.4 Å². The van der Waals surface area contributed by atoms with Gasteiger partial charge in [-0.15, -0.1) is 13.2 Å². The van der Waals surface area contributed by atoms with Gasteiger partial charge in [-0.3, -0.25) is 19.2 Å². The third-order valence-corrected chi connectivity index (χ3v) is 6.21. The van der Waals surface area contributed by atoms with E-state index in [1.807, 2.05) is 6.92 Å². The van der Waals surface area contributed by atoms with Crippen molar-refractivity contribution in [3.63, 3.8) is 0 Å². The minimum Gasteiger partial charge on any atom is -0.351 e. The Balaban J connectivity index is 1.93. The quantitative estimate of drug-likeness (QED) is 0.432. The number of hydrogen-bond acceptors (Lipinski definition) is 5. The van der Waals surface area contributed by atoms with Crippen LogP contribution in [-0.4, -0.2) is 45.9 Å². The van der Waals surface area contributed by atoms with Crippen LogP contribution in [0.2, 0.25) is 0 Å². The van der Waals surface area contributed by atoms with Gasteiger partial charge in [0.1, 0.15) is 6.33 Å². The second-order valence-electron chi connectivity index (χ2n) is 8.52. The summed E-state index contributed by atoms with van der Waals surface area (Å²) in [6.07, 6.45) is -1.19. The molecule has 1 saturated carbocycles. The third kappa shape index (κ3) is 6.46. The van der Waals surface area contributed by atoms with E-state index in [1.54, 1.807) is 24.3 Å². The number of nitrogens with zero attached hydrogens (tertiary/aromatic N) is 3. The molecule has 0 aliphatic heterocycles. The van der Waals surface area contributed by atoms with Gasteiger partial charge in [0.05, 0.1) is 6.10 Å². The first kappa shape index (κ1) is 26.8. The smallest absolute Gasteiger partial charge is 0.351 e. The highest BCUT2D eigenvalue weighted by Gasteiger charge is 2.48. The van der Waals surface area contributed by atoms with Gasteiger partial charge >= 0.3 is 6.36 Å². The number of aryl methyl sites for hydroxylation is 1. The molecule has 1 N–H and O–H groups in total. The Morgan fingerprint density at radius 2 is 1.69 bits per heavy atom. The first-order chi connectivity index (χ1) is 16.4. The van der Waals surface area contributed by atoms with E-state index in [9.17, 15) is 27.2 Å². The van der Waals surface area contributed by atoms with Gasteiger partial charge in [0.2, 0.25) is 0 Å². The summed E-state index contributed by atoms with van der Waals surface area (Å²) in [5.74, 6) is -1.85. The van der Waals surface area contributed by atoms with Gasteiger partial charge in [-0.1, -0.05) is 29.3 Å². The molecule has 0 spiro atoms. The van der Waals surface area contributed by atoms with Crippen molar-refractivity contribution in [2.75, 3.05) is 4.90 Å². The number of benzene rings is 1. The van der Waals surface area contributed by atoms with E-state index in [1.165, 1.54) is 25.6 Å². The zero-order valence-electron chi connectivity index (χ0n) is 19.1. The summed E-state index contributed by atoms with van der Waals surface area (Å²) in [6, 6.07) is 6.02. The highest BCUT2D eigenvalue weighted by Crippen LogP contribution is 2.36. The van der Waals surface area contributed by atoms with Crippen molar-refractivity contribution in [2.24, 2.45) is 0 Å². The Kier molecular flexibility index (Phi) is 8.32. The van der Waals surface area contributed by atoms with Crippen molar-refractivity contribution in [1.29, 1.82) is 0 Å².